The highest BCUT2D eigenvalue weighted by molar-refractivity contribution is 5.41. The average Bonchev–Trinajstić information content (AvgIpc) is 2.19. The van der Waals surface area contributed by atoms with E-state index in [1.54, 1.807) is 19.2 Å². The van der Waals surface area contributed by atoms with E-state index < -0.39 is 0 Å². The Morgan fingerprint density at radius 2 is 2.21 bits per heavy atom. The fraction of sp³-hybridized carbons (Fsp3) is 0.400. The van der Waals surface area contributed by atoms with Gasteiger partial charge in [-0.1, -0.05) is 0 Å². The summed E-state index contributed by atoms with van der Waals surface area (Å²) in [7, 11) is 1.55. The molecule has 0 bridgehead atoms. The standard InChI is InChI=1S/C10H15NO3/c1-14-7-2-3-10(13)8(6-7)9(11)4-5-12/h2-3,6,9,12-13H,4-5,11H2,1H3/t9-/m1/s1. The Hall–Kier alpha value is -1.26. The normalized spacial score (nSPS) is 12.5. The highest BCUT2D eigenvalue weighted by Crippen LogP contribution is 2.28. The molecule has 0 heterocycles. The summed E-state index contributed by atoms with van der Waals surface area (Å²) in [6, 6.07) is 4.50. The zero-order valence-electron chi connectivity index (χ0n) is 8.10. The van der Waals surface area contributed by atoms with Crippen molar-refractivity contribution in [3.63, 3.8) is 0 Å². The molecule has 0 spiro atoms. The highest BCUT2D eigenvalue weighted by Gasteiger charge is 2.11. The Bertz CT molecular complexity index is 301. The van der Waals surface area contributed by atoms with Crippen LogP contribution in [0.5, 0.6) is 11.5 Å². The minimum atomic E-state index is -0.366. The Kier molecular flexibility index (Phi) is 3.73. The lowest BCUT2D eigenvalue weighted by Gasteiger charge is -2.13. The van der Waals surface area contributed by atoms with E-state index in [-0.39, 0.29) is 18.4 Å². The van der Waals surface area contributed by atoms with Crippen LogP contribution in [0.15, 0.2) is 18.2 Å². The molecule has 0 amide bonds. The summed E-state index contributed by atoms with van der Waals surface area (Å²) in [6.07, 6.45) is 0.417. The molecule has 1 atom stereocenters. The lowest BCUT2D eigenvalue weighted by atomic mass is 10.0. The summed E-state index contributed by atoms with van der Waals surface area (Å²) in [5.74, 6) is 0.776. The van der Waals surface area contributed by atoms with Crippen molar-refractivity contribution in [3.8, 4) is 11.5 Å². The van der Waals surface area contributed by atoms with E-state index in [2.05, 4.69) is 0 Å². The van der Waals surface area contributed by atoms with Gasteiger partial charge in [-0.25, -0.2) is 0 Å². The molecule has 0 aliphatic heterocycles. The lowest BCUT2D eigenvalue weighted by Crippen LogP contribution is -2.12. The summed E-state index contributed by atoms with van der Waals surface area (Å²) in [6.45, 7) is -0.00217. The first kappa shape index (κ1) is 10.8. The van der Waals surface area contributed by atoms with Crippen molar-refractivity contribution >= 4 is 0 Å². The van der Waals surface area contributed by atoms with Crippen molar-refractivity contribution < 1.29 is 14.9 Å². The van der Waals surface area contributed by atoms with Crippen LogP contribution in [0.4, 0.5) is 0 Å². The maximum atomic E-state index is 9.51. The second kappa shape index (κ2) is 4.83. The second-order valence-corrected chi connectivity index (χ2v) is 3.04. The van der Waals surface area contributed by atoms with Gasteiger partial charge in [-0.05, 0) is 24.6 Å². The predicted molar refractivity (Wildman–Crippen MR) is 53.3 cm³/mol. The third-order valence-corrected chi connectivity index (χ3v) is 2.07. The lowest BCUT2D eigenvalue weighted by molar-refractivity contribution is 0.275. The fourth-order valence-corrected chi connectivity index (χ4v) is 1.25. The fourth-order valence-electron chi connectivity index (χ4n) is 1.25. The Morgan fingerprint density at radius 3 is 2.79 bits per heavy atom. The molecule has 1 aromatic carbocycles. The number of ether oxygens (including phenoxy) is 1. The number of hydrogen-bond acceptors (Lipinski definition) is 4. The summed E-state index contributed by atoms with van der Waals surface area (Å²) < 4.78 is 5.01. The van der Waals surface area contributed by atoms with Gasteiger partial charge in [0.1, 0.15) is 11.5 Å². The van der Waals surface area contributed by atoms with Crippen molar-refractivity contribution in [1.82, 2.24) is 0 Å². The molecule has 4 nitrogen and oxygen atoms in total. The highest BCUT2D eigenvalue weighted by atomic mass is 16.5. The van der Waals surface area contributed by atoms with Gasteiger partial charge in [0, 0.05) is 18.2 Å². The summed E-state index contributed by atoms with van der Waals surface area (Å²) >= 11 is 0. The van der Waals surface area contributed by atoms with Crippen LogP contribution in [-0.4, -0.2) is 23.9 Å². The largest absolute Gasteiger partial charge is 0.508 e. The van der Waals surface area contributed by atoms with Gasteiger partial charge in [-0.15, -0.1) is 0 Å². The quantitative estimate of drug-likeness (QED) is 0.666. The van der Waals surface area contributed by atoms with Gasteiger partial charge < -0.3 is 20.7 Å². The molecule has 0 saturated heterocycles. The zero-order valence-corrected chi connectivity index (χ0v) is 8.10. The van der Waals surface area contributed by atoms with E-state index in [1.807, 2.05) is 0 Å². The van der Waals surface area contributed by atoms with E-state index in [4.69, 9.17) is 15.6 Å². The van der Waals surface area contributed by atoms with Crippen molar-refractivity contribution in [2.24, 2.45) is 5.73 Å². The van der Waals surface area contributed by atoms with Crippen LogP contribution in [-0.2, 0) is 0 Å². The van der Waals surface area contributed by atoms with Crippen LogP contribution in [0.25, 0.3) is 0 Å². The molecule has 0 unspecified atom stereocenters. The van der Waals surface area contributed by atoms with Crippen LogP contribution in [0, 0.1) is 0 Å². The van der Waals surface area contributed by atoms with E-state index in [1.165, 1.54) is 6.07 Å². The number of nitrogens with two attached hydrogens (primary N) is 1. The molecule has 4 N–H and O–H groups in total. The number of rotatable bonds is 4. The number of phenolic OH excluding ortho intramolecular Hbond substituents is 1. The molecule has 14 heavy (non-hydrogen) atoms. The molecule has 0 saturated carbocycles. The summed E-state index contributed by atoms with van der Waals surface area (Å²) in [5.41, 5.74) is 6.35. The molecular formula is C10H15NO3. The van der Waals surface area contributed by atoms with Gasteiger partial charge in [-0.3, -0.25) is 0 Å². The average molecular weight is 197 g/mol. The van der Waals surface area contributed by atoms with Crippen molar-refractivity contribution in [1.29, 1.82) is 0 Å². The Morgan fingerprint density at radius 1 is 1.50 bits per heavy atom. The van der Waals surface area contributed by atoms with Crippen molar-refractivity contribution in [2.45, 2.75) is 12.5 Å². The summed E-state index contributed by atoms with van der Waals surface area (Å²) in [4.78, 5) is 0. The SMILES string of the molecule is COc1ccc(O)c([C@H](N)CCO)c1. The van der Waals surface area contributed by atoms with Gasteiger partial charge >= 0.3 is 0 Å². The Balaban J connectivity index is 2.93. The molecule has 1 rings (SSSR count). The number of aliphatic hydroxyl groups is 1. The third-order valence-electron chi connectivity index (χ3n) is 2.07. The molecule has 0 aromatic heterocycles. The van der Waals surface area contributed by atoms with E-state index in [9.17, 15) is 5.11 Å². The number of aromatic hydroxyl groups is 1. The first-order valence-electron chi connectivity index (χ1n) is 4.42. The molecule has 1 aromatic rings. The molecule has 0 fully saturated rings. The van der Waals surface area contributed by atoms with Gasteiger partial charge in [0.05, 0.1) is 7.11 Å². The number of phenols is 1. The van der Waals surface area contributed by atoms with Crippen LogP contribution < -0.4 is 10.5 Å². The topological polar surface area (TPSA) is 75.7 Å². The van der Waals surface area contributed by atoms with Gasteiger partial charge in [0.25, 0.3) is 0 Å². The third kappa shape index (κ3) is 2.37. The molecule has 0 aliphatic carbocycles. The first-order valence-corrected chi connectivity index (χ1v) is 4.42. The molecular weight excluding hydrogens is 182 g/mol. The van der Waals surface area contributed by atoms with Crippen LogP contribution >= 0.6 is 0 Å². The van der Waals surface area contributed by atoms with Crippen molar-refractivity contribution in [2.75, 3.05) is 13.7 Å². The van der Waals surface area contributed by atoms with E-state index in [0.717, 1.165) is 0 Å². The van der Waals surface area contributed by atoms with E-state index >= 15 is 0 Å². The van der Waals surface area contributed by atoms with E-state index in [0.29, 0.717) is 17.7 Å². The monoisotopic (exact) mass is 197 g/mol. The van der Waals surface area contributed by atoms with Crippen LogP contribution in [0.3, 0.4) is 0 Å². The van der Waals surface area contributed by atoms with Crippen LogP contribution in [0.2, 0.25) is 0 Å². The zero-order chi connectivity index (χ0) is 10.6. The predicted octanol–water partition coefficient (Wildman–Crippen LogP) is 0.783. The molecule has 0 radical (unpaired) electrons. The minimum absolute atomic E-state index is 0.00217. The molecule has 78 valence electrons. The van der Waals surface area contributed by atoms with Gasteiger partial charge in [0.15, 0.2) is 0 Å². The first-order chi connectivity index (χ1) is 6.69. The molecule has 0 aliphatic rings. The molecule has 4 heteroatoms. The van der Waals surface area contributed by atoms with Crippen molar-refractivity contribution in [3.05, 3.63) is 23.8 Å². The number of aliphatic hydroxyl groups excluding tert-OH is 1. The number of benzene rings is 1. The maximum absolute atomic E-state index is 9.51. The number of hydrogen-bond donors (Lipinski definition) is 3. The minimum Gasteiger partial charge on any atom is -0.508 e. The summed E-state index contributed by atoms with van der Waals surface area (Å²) in [5, 5.41) is 18.2. The van der Waals surface area contributed by atoms with Crippen LogP contribution in [0.1, 0.15) is 18.0 Å². The smallest absolute Gasteiger partial charge is 0.120 e. The number of methoxy groups -OCH3 is 1. The second-order valence-electron chi connectivity index (χ2n) is 3.04. The van der Waals surface area contributed by atoms with Gasteiger partial charge in [-0.2, -0.15) is 0 Å². The Labute approximate surface area is 82.9 Å². The van der Waals surface area contributed by atoms with Gasteiger partial charge in [0.2, 0.25) is 0 Å². The maximum Gasteiger partial charge on any atom is 0.120 e.